The largest absolute Gasteiger partial charge is 0.338 e. The lowest BCUT2D eigenvalue weighted by atomic mass is 10.5. The van der Waals surface area contributed by atoms with E-state index in [1.807, 2.05) is 13.8 Å². The van der Waals surface area contributed by atoms with Crippen LogP contribution in [-0.4, -0.2) is 23.2 Å². The summed E-state index contributed by atoms with van der Waals surface area (Å²) in [5.41, 5.74) is 0. The molecule has 0 aromatic rings. The zero-order chi connectivity index (χ0) is 11.0. The van der Waals surface area contributed by atoms with Gasteiger partial charge in [-0.1, -0.05) is 13.8 Å². The molecule has 0 aromatic heterocycles. The standard InChI is InChI=1S/C8H16IO4P/c1-3-5-12-14(11,7-8(9)10)13-6-4-2/h3-7H2,1-2H3. The number of rotatable bonds is 8. The second kappa shape index (κ2) is 7.79. The second-order valence-electron chi connectivity index (χ2n) is 2.79. The summed E-state index contributed by atoms with van der Waals surface area (Å²) in [7, 11) is -3.17. The number of hydrogen-bond acceptors (Lipinski definition) is 4. The van der Waals surface area contributed by atoms with Gasteiger partial charge in [-0.25, -0.2) is 0 Å². The zero-order valence-electron chi connectivity index (χ0n) is 8.49. The smallest absolute Gasteiger partial charge is 0.308 e. The molecule has 0 heterocycles. The van der Waals surface area contributed by atoms with E-state index in [1.54, 1.807) is 22.6 Å². The Morgan fingerprint density at radius 3 is 1.93 bits per heavy atom. The number of halogens is 1. The van der Waals surface area contributed by atoms with Crippen molar-refractivity contribution in [3.8, 4) is 0 Å². The molecule has 6 heteroatoms. The lowest BCUT2D eigenvalue weighted by molar-refractivity contribution is -0.107. The van der Waals surface area contributed by atoms with Crippen LogP contribution in [0.1, 0.15) is 26.7 Å². The van der Waals surface area contributed by atoms with Gasteiger partial charge in [0.05, 0.1) is 13.2 Å². The minimum Gasteiger partial charge on any atom is -0.308 e. The Kier molecular flexibility index (Phi) is 8.10. The summed E-state index contributed by atoms with van der Waals surface area (Å²) < 4.78 is 21.9. The molecule has 0 aliphatic carbocycles. The van der Waals surface area contributed by atoms with E-state index in [0.29, 0.717) is 13.2 Å². The van der Waals surface area contributed by atoms with Gasteiger partial charge in [0.25, 0.3) is 0 Å². The van der Waals surface area contributed by atoms with Crippen LogP contribution in [0.5, 0.6) is 0 Å². The van der Waals surface area contributed by atoms with Gasteiger partial charge in [0.1, 0.15) is 6.16 Å². The molecule has 0 N–H and O–H groups in total. The van der Waals surface area contributed by atoms with Crippen molar-refractivity contribution in [1.82, 2.24) is 0 Å². The third-order valence-electron chi connectivity index (χ3n) is 1.30. The molecule has 0 rings (SSSR count). The molecular weight excluding hydrogens is 318 g/mol. The molecule has 0 radical (unpaired) electrons. The average molecular weight is 334 g/mol. The van der Waals surface area contributed by atoms with Crippen molar-refractivity contribution < 1.29 is 18.4 Å². The van der Waals surface area contributed by atoms with Gasteiger partial charge in [-0.2, -0.15) is 0 Å². The predicted octanol–water partition coefficient (Wildman–Crippen LogP) is 2.99. The van der Waals surface area contributed by atoms with Gasteiger partial charge < -0.3 is 9.05 Å². The van der Waals surface area contributed by atoms with E-state index in [4.69, 9.17) is 9.05 Å². The lowest BCUT2D eigenvalue weighted by Gasteiger charge is -2.16. The predicted molar refractivity (Wildman–Crippen MR) is 64.0 cm³/mol. The van der Waals surface area contributed by atoms with Gasteiger partial charge in [0.15, 0.2) is 0 Å². The quantitative estimate of drug-likeness (QED) is 0.389. The molecule has 0 saturated carbocycles. The first kappa shape index (κ1) is 14.6. The summed E-state index contributed by atoms with van der Waals surface area (Å²) in [6.45, 7) is 4.56. The second-order valence-corrected chi connectivity index (χ2v) is 6.05. The van der Waals surface area contributed by atoms with E-state index in [1.165, 1.54) is 0 Å². The van der Waals surface area contributed by atoms with Crippen LogP contribution in [0.2, 0.25) is 0 Å². The summed E-state index contributed by atoms with van der Waals surface area (Å²) in [5, 5.41) is 0. The molecule has 84 valence electrons. The third kappa shape index (κ3) is 6.92. The molecule has 0 unspecified atom stereocenters. The van der Waals surface area contributed by atoms with Gasteiger partial charge in [0, 0.05) is 22.6 Å². The van der Waals surface area contributed by atoms with E-state index in [-0.39, 0.29) is 9.95 Å². The van der Waals surface area contributed by atoms with Crippen molar-refractivity contribution in [3.63, 3.8) is 0 Å². The Morgan fingerprint density at radius 2 is 1.64 bits per heavy atom. The molecule has 0 atom stereocenters. The highest BCUT2D eigenvalue weighted by Crippen LogP contribution is 2.48. The van der Waals surface area contributed by atoms with Gasteiger partial charge >= 0.3 is 7.60 Å². The molecule has 0 bridgehead atoms. The fraction of sp³-hybridized carbons (Fsp3) is 0.875. The Bertz CT molecular complexity index is 207. The molecule has 0 aliphatic rings. The normalized spacial score (nSPS) is 11.6. The first-order valence-corrected chi connectivity index (χ1v) is 7.41. The van der Waals surface area contributed by atoms with Gasteiger partial charge in [-0.05, 0) is 12.8 Å². The molecule has 14 heavy (non-hydrogen) atoms. The lowest BCUT2D eigenvalue weighted by Crippen LogP contribution is -2.05. The summed E-state index contributed by atoms with van der Waals surface area (Å²) in [4.78, 5) is 10.8. The van der Waals surface area contributed by atoms with Crippen molar-refractivity contribution in [1.29, 1.82) is 0 Å². The summed E-state index contributed by atoms with van der Waals surface area (Å²) in [6.07, 6.45) is 1.39. The van der Waals surface area contributed by atoms with Crippen LogP contribution >= 0.6 is 30.2 Å². The highest BCUT2D eigenvalue weighted by Gasteiger charge is 2.26. The molecular formula is C8H16IO4P. The molecule has 0 saturated heterocycles. The fourth-order valence-corrected chi connectivity index (χ4v) is 3.48. The van der Waals surface area contributed by atoms with Gasteiger partial charge in [0.2, 0.25) is 3.79 Å². The minimum absolute atomic E-state index is 0.131. The Morgan fingerprint density at radius 1 is 1.21 bits per heavy atom. The average Bonchev–Trinajstić information content (AvgIpc) is 2.11. The van der Waals surface area contributed by atoms with Crippen LogP contribution < -0.4 is 0 Å². The maximum Gasteiger partial charge on any atom is 0.338 e. The highest BCUT2D eigenvalue weighted by molar-refractivity contribution is 14.1. The van der Waals surface area contributed by atoms with E-state index >= 15 is 0 Å². The van der Waals surface area contributed by atoms with E-state index in [0.717, 1.165) is 12.8 Å². The number of carbonyl (C=O) groups excluding carboxylic acids is 1. The molecule has 0 spiro atoms. The molecule has 0 aliphatic heterocycles. The summed E-state index contributed by atoms with van der Waals surface area (Å²) >= 11 is 1.60. The zero-order valence-corrected chi connectivity index (χ0v) is 11.5. The van der Waals surface area contributed by atoms with Crippen molar-refractivity contribution in [2.24, 2.45) is 0 Å². The van der Waals surface area contributed by atoms with Crippen LogP contribution in [0.4, 0.5) is 0 Å². The van der Waals surface area contributed by atoms with Crippen molar-refractivity contribution >= 4 is 34.0 Å². The maximum atomic E-state index is 11.9. The maximum absolute atomic E-state index is 11.9. The van der Waals surface area contributed by atoms with E-state index < -0.39 is 7.60 Å². The molecule has 0 aromatic carbocycles. The van der Waals surface area contributed by atoms with Crippen LogP contribution in [0.3, 0.4) is 0 Å². The van der Waals surface area contributed by atoms with Crippen molar-refractivity contribution in [3.05, 3.63) is 0 Å². The topological polar surface area (TPSA) is 52.6 Å². The Labute approximate surface area is 98.4 Å². The van der Waals surface area contributed by atoms with Crippen molar-refractivity contribution in [2.75, 3.05) is 19.4 Å². The minimum atomic E-state index is -3.17. The van der Waals surface area contributed by atoms with Gasteiger partial charge in [-0.15, -0.1) is 0 Å². The summed E-state index contributed by atoms with van der Waals surface area (Å²) in [5.74, 6) is 0. The van der Waals surface area contributed by atoms with Crippen LogP contribution in [0.25, 0.3) is 0 Å². The molecule has 4 nitrogen and oxygen atoms in total. The van der Waals surface area contributed by atoms with Gasteiger partial charge in [-0.3, -0.25) is 9.36 Å². The van der Waals surface area contributed by atoms with Crippen LogP contribution in [0.15, 0.2) is 0 Å². The van der Waals surface area contributed by atoms with Crippen LogP contribution in [0, 0.1) is 0 Å². The monoisotopic (exact) mass is 334 g/mol. The Hall–Kier alpha value is 0.550. The molecule has 0 fully saturated rings. The SMILES string of the molecule is CCCOP(=O)(CC(=O)I)OCCC. The molecule has 0 amide bonds. The number of carbonyl (C=O) groups is 1. The first-order chi connectivity index (χ1) is 6.54. The highest BCUT2D eigenvalue weighted by atomic mass is 127. The summed E-state index contributed by atoms with van der Waals surface area (Å²) in [6, 6.07) is 0. The van der Waals surface area contributed by atoms with E-state index in [2.05, 4.69) is 0 Å². The Balaban J connectivity index is 4.18. The third-order valence-corrected chi connectivity index (χ3v) is 4.11. The van der Waals surface area contributed by atoms with E-state index in [9.17, 15) is 9.36 Å². The fourth-order valence-electron chi connectivity index (χ4n) is 0.742. The first-order valence-electron chi connectivity index (χ1n) is 4.60. The number of hydrogen-bond donors (Lipinski definition) is 0. The van der Waals surface area contributed by atoms with Crippen molar-refractivity contribution in [2.45, 2.75) is 26.7 Å². The van der Waals surface area contributed by atoms with Crippen LogP contribution in [-0.2, 0) is 18.4 Å².